The van der Waals surface area contributed by atoms with Crippen molar-refractivity contribution in [1.29, 1.82) is 0 Å². The first-order valence-corrected chi connectivity index (χ1v) is 6.15. The number of hydrogen-bond acceptors (Lipinski definition) is 1. The molecule has 0 bridgehead atoms. The summed E-state index contributed by atoms with van der Waals surface area (Å²) in [7, 11) is 0. The summed E-state index contributed by atoms with van der Waals surface area (Å²) in [5.74, 6) is 0.593. The van der Waals surface area contributed by atoms with Gasteiger partial charge >= 0.3 is 0 Å². The van der Waals surface area contributed by atoms with Crippen LogP contribution in [0, 0.1) is 18.7 Å². The van der Waals surface area contributed by atoms with Crippen LogP contribution in [0.1, 0.15) is 24.8 Å². The normalized spacial score (nSPS) is 16.2. The summed E-state index contributed by atoms with van der Waals surface area (Å²) < 4.78 is 14.0. The lowest BCUT2D eigenvalue weighted by molar-refractivity contribution is 0.333. The van der Waals surface area contributed by atoms with Crippen LogP contribution >= 0.6 is 15.9 Å². The smallest absolute Gasteiger partial charge is 0.126 e. The van der Waals surface area contributed by atoms with Crippen LogP contribution in [0.25, 0.3) is 0 Å². The highest BCUT2D eigenvalue weighted by molar-refractivity contribution is 9.10. The average Bonchev–Trinajstić information content (AvgIpc) is 2.10. The Kier molecular flexibility index (Phi) is 3.29. The van der Waals surface area contributed by atoms with Crippen LogP contribution in [-0.2, 0) is 0 Å². The minimum absolute atomic E-state index is 0.191. The Morgan fingerprint density at radius 3 is 2.80 bits per heavy atom. The monoisotopic (exact) mass is 271 g/mol. The van der Waals surface area contributed by atoms with E-state index in [4.69, 9.17) is 0 Å². The predicted molar refractivity (Wildman–Crippen MR) is 64.7 cm³/mol. The maximum atomic E-state index is 13.2. The molecule has 0 radical (unpaired) electrons. The van der Waals surface area contributed by atoms with Gasteiger partial charge in [-0.15, -0.1) is 0 Å². The first-order chi connectivity index (χ1) is 7.16. The molecule has 0 atom stereocenters. The number of nitrogens with one attached hydrogen (secondary N) is 1. The fraction of sp³-hybridized carbons (Fsp3) is 0.500. The molecule has 1 aromatic carbocycles. The molecule has 0 aromatic heterocycles. The third-order valence-corrected chi connectivity index (χ3v) is 3.94. The number of hydrogen-bond donors (Lipinski definition) is 1. The minimum Gasteiger partial charge on any atom is -0.384 e. The highest BCUT2D eigenvalue weighted by atomic mass is 79.9. The lowest BCUT2D eigenvalue weighted by Gasteiger charge is -2.26. The molecule has 1 aliphatic carbocycles. The Hall–Kier alpha value is -0.570. The summed E-state index contributed by atoms with van der Waals surface area (Å²) in [4.78, 5) is 0. The van der Waals surface area contributed by atoms with Gasteiger partial charge in [-0.1, -0.05) is 22.4 Å². The van der Waals surface area contributed by atoms with Crippen molar-refractivity contribution in [2.75, 3.05) is 11.9 Å². The average molecular weight is 272 g/mol. The summed E-state index contributed by atoms with van der Waals surface area (Å²) in [6, 6.07) is 3.07. The standard InChI is InChI=1S/C12H15BrFN/c1-8-11(13)5-10(14)6-12(8)15-7-9-3-2-4-9/h5-6,9,15H,2-4,7H2,1H3. The van der Waals surface area contributed by atoms with Gasteiger partial charge in [0.25, 0.3) is 0 Å². The van der Waals surface area contributed by atoms with E-state index in [0.717, 1.165) is 28.2 Å². The van der Waals surface area contributed by atoms with Crippen molar-refractivity contribution in [2.24, 2.45) is 5.92 Å². The second-order valence-electron chi connectivity index (χ2n) is 4.24. The fourth-order valence-electron chi connectivity index (χ4n) is 1.78. The summed E-state index contributed by atoms with van der Waals surface area (Å²) in [6.07, 6.45) is 3.96. The van der Waals surface area contributed by atoms with Crippen molar-refractivity contribution in [2.45, 2.75) is 26.2 Å². The van der Waals surface area contributed by atoms with Gasteiger partial charge in [-0.2, -0.15) is 0 Å². The number of anilines is 1. The van der Waals surface area contributed by atoms with Crippen molar-refractivity contribution in [1.82, 2.24) is 0 Å². The second-order valence-corrected chi connectivity index (χ2v) is 5.09. The van der Waals surface area contributed by atoms with Crippen molar-refractivity contribution in [3.8, 4) is 0 Å². The number of rotatable bonds is 3. The molecule has 1 aromatic rings. The first-order valence-electron chi connectivity index (χ1n) is 5.36. The van der Waals surface area contributed by atoms with Gasteiger partial charge in [-0.3, -0.25) is 0 Å². The molecular formula is C12H15BrFN. The van der Waals surface area contributed by atoms with Gasteiger partial charge in [0.05, 0.1) is 0 Å². The van der Waals surface area contributed by atoms with Gasteiger partial charge in [0.15, 0.2) is 0 Å². The number of halogens is 2. The molecule has 0 spiro atoms. The minimum atomic E-state index is -0.191. The van der Waals surface area contributed by atoms with Gasteiger partial charge in [-0.25, -0.2) is 4.39 Å². The third kappa shape index (κ3) is 2.51. The van der Waals surface area contributed by atoms with E-state index >= 15 is 0 Å². The molecule has 1 N–H and O–H groups in total. The molecule has 0 aliphatic heterocycles. The Bertz CT molecular complexity index is 361. The van der Waals surface area contributed by atoms with Crippen molar-refractivity contribution in [3.05, 3.63) is 28.0 Å². The molecule has 1 aliphatic rings. The van der Waals surface area contributed by atoms with Crippen LogP contribution in [0.4, 0.5) is 10.1 Å². The van der Waals surface area contributed by atoms with Crippen molar-refractivity contribution in [3.63, 3.8) is 0 Å². The summed E-state index contributed by atoms with van der Waals surface area (Å²) >= 11 is 3.35. The molecule has 0 unspecified atom stereocenters. The SMILES string of the molecule is Cc1c(Br)cc(F)cc1NCC1CCC1. The molecule has 0 heterocycles. The van der Waals surface area contributed by atoms with Gasteiger partial charge < -0.3 is 5.32 Å². The Morgan fingerprint density at radius 2 is 2.20 bits per heavy atom. The summed E-state index contributed by atoms with van der Waals surface area (Å²) in [6.45, 7) is 2.96. The zero-order valence-corrected chi connectivity index (χ0v) is 10.4. The van der Waals surface area contributed by atoms with E-state index in [9.17, 15) is 4.39 Å². The number of benzene rings is 1. The topological polar surface area (TPSA) is 12.0 Å². The van der Waals surface area contributed by atoms with E-state index in [0.29, 0.717) is 0 Å². The van der Waals surface area contributed by atoms with Crippen LogP contribution < -0.4 is 5.32 Å². The van der Waals surface area contributed by atoms with Crippen LogP contribution in [0.3, 0.4) is 0 Å². The Balaban J connectivity index is 2.05. The summed E-state index contributed by atoms with van der Waals surface area (Å²) in [5, 5.41) is 3.33. The molecule has 15 heavy (non-hydrogen) atoms. The molecule has 1 fully saturated rings. The van der Waals surface area contributed by atoms with E-state index < -0.39 is 0 Å². The van der Waals surface area contributed by atoms with Gasteiger partial charge in [-0.05, 0) is 43.4 Å². The second kappa shape index (κ2) is 4.52. The molecule has 1 nitrogen and oxygen atoms in total. The van der Waals surface area contributed by atoms with E-state index in [2.05, 4.69) is 21.2 Å². The zero-order valence-electron chi connectivity index (χ0n) is 8.82. The Morgan fingerprint density at radius 1 is 1.47 bits per heavy atom. The lowest BCUT2D eigenvalue weighted by Crippen LogP contribution is -2.21. The summed E-state index contributed by atoms with van der Waals surface area (Å²) in [5.41, 5.74) is 1.99. The first kappa shape index (κ1) is 10.9. The maximum absolute atomic E-state index is 13.2. The van der Waals surface area contributed by atoms with Gasteiger partial charge in [0.2, 0.25) is 0 Å². The van der Waals surface area contributed by atoms with E-state index in [1.807, 2.05) is 6.92 Å². The van der Waals surface area contributed by atoms with Crippen LogP contribution in [-0.4, -0.2) is 6.54 Å². The molecular weight excluding hydrogens is 257 g/mol. The molecule has 82 valence electrons. The maximum Gasteiger partial charge on any atom is 0.126 e. The molecule has 2 rings (SSSR count). The van der Waals surface area contributed by atoms with Crippen molar-refractivity contribution >= 4 is 21.6 Å². The van der Waals surface area contributed by atoms with E-state index in [1.54, 1.807) is 6.07 Å². The quantitative estimate of drug-likeness (QED) is 0.873. The van der Waals surface area contributed by atoms with Crippen LogP contribution in [0.15, 0.2) is 16.6 Å². The van der Waals surface area contributed by atoms with E-state index in [-0.39, 0.29) is 5.82 Å². The molecule has 3 heteroatoms. The molecule has 0 saturated heterocycles. The highest BCUT2D eigenvalue weighted by Crippen LogP contribution is 2.29. The van der Waals surface area contributed by atoms with E-state index in [1.165, 1.54) is 25.3 Å². The molecule has 1 saturated carbocycles. The highest BCUT2D eigenvalue weighted by Gasteiger charge is 2.17. The van der Waals surface area contributed by atoms with Gasteiger partial charge in [0.1, 0.15) is 5.82 Å². The lowest BCUT2D eigenvalue weighted by atomic mass is 9.85. The Labute approximate surface area is 98.2 Å². The fourth-order valence-corrected chi connectivity index (χ4v) is 2.21. The molecule has 0 amide bonds. The largest absolute Gasteiger partial charge is 0.384 e. The third-order valence-electron chi connectivity index (χ3n) is 3.12. The van der Waals surface area contributed by atoms with Crippen LogP contribution in [0.2, 0.25) is 0 Å². The zero-order chi connectivity index (χ0) is 10.8. The predicted octanol–water partition coefficient (Wildman–Crippen LogP) is 4.11. The van der Waals surface area contributed by atoms with Gasteiger partial charge in [0, 0.05) is 16.7 Å². The van der Waals surface area contributed by atoms with Crippen molar-refractivity contribution < 1.29 is 4.39 Å². The van der Waals surface area contributed by atoms with Crippen LogP contribution in [0.5, 0.6) is 0 Å².